The smallest absolute Gasteiger partial charge is 0.258 e. The van der Waals surface area contributed by atoms with Crippen LogP contribution >= 0.6 is 0 Å². The zero-order chi connectivity index (χ0) is 26.9. The summed E-state index contributed by atoms with van der Waals surface area (Å²) in [5, 5.41) is 4.70. The molecule has 1 amide bonds. The van der Waals surface area contributed by atoms with Gasteiger partial charge in [0.05, 0.1) is 18.0 Å². The van der Waals surface area contributed by atoms with Crippen molar-refractivity contribution in [3.63, 3.8) is 0 Å². The second-order valence-electron chi connectivity index (χ2n) is 9.52. The summed E-state index contributed by atoms with van der Waals surface area (Å²) in [6.45, 7) is 2.56. The molecular weight excluding hydrogens is 503 g/mol. The third-order valence-corrected chi connectivity index (χ3v) is 8.67. The van der Waals surface area contributed by atoms with E-state index in [0.29, 0.717) is 17.7 Å². The number of aromatic nitrogens is 2. The van der Waals surface area contributed by atoms with Gasteiger partial charge in [-0.1, -0.05) is 54.1 Å². The van der Waals surface area contributed by atoms with E-state index in [2.05, 4.69) is 0 Å². The molecule has 0 saturated carbocycles. The lowest BCUT2D eigenvalue weighted by Crippen LogP contribution is -2.38. The van der Waals surface area contributed by atoms with Crippen LogP contribution in [0.4, 0.5) is 10.1 Å². The number of amides is 1. The minimum absolute atomic E-state index is 0.122. The zero-order valence-electron chi connectivity index (χ0n) is 21.3. The average Bonchev–Trinajstić information content (AvgIpc) is 3.23. The van der Waals surface area contributed by atoms with Gasteiger partial charge in [0, 0.05) is 54.6 Å². The number of carbonyl (C=O) groups excluding carboxylic acids is 1. The van der Waals surface area contributed by atoms with Crippen molar-refractivity contribution >= 4 is 21.6 Å². The van der Waals surface area contributed by atoms with Crippen LogP contribution in [0.2, 0.25) is 0 Å². The van der Waals surface area contributed by atoms with Crippen molar-refractivity contribution in [2.75, 3.05) is 11.4 Å². The van der Waals surface area contributed by atoms with Gasteiger partial charge in [-0.2, -0.15) is 9.40 Å². The number of carbonyl (C=O) groups is 1. The van der Waals surface area contributed by atoms with E-state index in [-0.39, 0.29) is 31.1 Å². The summed E-state index contributed by atoms with van der Waals surface area (Å²) >= 11 is 0. The highest BCUT2D eigenvalue weighted by molar-refractivity contribution is 7.88. The average molecular weight is 533 g/mol. The topological polar surface area (TPSA) is 75.5 Å². The largest absolute Gasteiger partial charge is 0.302 e. The van der Waals surface area contributed by atoms with Crippen molar-refractivity contribution in [2.45, 2.75) is 32.2 Å². The first kappa shape index (κ1) is 25.8. The Kier molecular flexibility index (Phi) is 7.14. The van der Waals surface area contributed by atoms with E-state index in [9.17, 15) is 17.6 Å². The molecule has 5 rings (SSSR count). The predicted molar refractivity (Wildman–Crippen MR) is 144 cm³/mol. The first-order chi connectivity index (χ1) is 18.2. The molecular formula is C29H29FN4O3S. The van der Waals surface area contributed by atoms with Crippen LogP contribution in [0.1, 0.15) is 38.4 Å². The van der Waals surface area contributed by atoms with Crippen molar-refractivity contribution in [1.82, 2.24) is 14.1 Å². The number of benzene rings is 3. The first-order valence-corrected chi connectivity index (χ1v) is 14.0. The lowest BCUT2D eigenvalue weighted by Gasteiger charge is -2.28. The Hall–Kier alpha value is -3.82. The molecule has 38 heavy (non-hydrogen) atoms. The molecule has 0 aliphatic carbocycles. The summed E-state index contributed by atoms with van der Waals surface area (Å²) in [6, 6.07) is 22.7. The van der Waals surface area contributed by atoms with Crippen LogP contribution in [0.25, 0.3) is 0 Å². The second-order valence-corrected chi connectivity index (χ2v) is 11.5. The Bertz CT molecular complexity index is 1570. The van der Waals surface area contributed by atoms with Crippen LogP contribution in [0, 0.1) is 12.7 Å². The molecule has 1 aliphatic rings. The van der Waals surface area contributed by atoms with Crippen LogP contribution < -0.4 is 4.90 Å². The summed E-state index contributed by atoms with van der Waals surface area (Å²) < 4.78 is 43.9. The van der Waals surface area contributed by atoms with E-state index in [4.69, 9.17) is 5.10 Å². The van der Waals surface area contributed by atoms with E-state index < -0.39 is 21.6 Å². The van der Waals surface area contributed by atoms with Crippen LogP contribution in [0.5, 0.6) is 0 Å². The van der Waals surface area contributed by atoms with Crippen molar-refractivity contribution < 1.29 is 17.6 Å². The molecule has 1 aliphatic heterocycles. The second kappa shape index (κ2) is 10.5. The summed E-state index contributed by atoms with van der Waals surface area (Å²) in [4.78, 5) is 15.3. The summed E-state index contributed by atoms with van der Waals surface area (Å²) in [7, 11) is -1.94. The van der Waals surface area contributed by atoms with Crippen molar-refractivity contribution in [3.8, 4) is 0 Å². The molecule has 0 radical (unpaired) electrons. The van der Waals surface area contributed by atoms with Crippen molar-refractivity contribution in [2.24, 2.45) is 7.05 Å². The SMILES string of the molecule is Cc1ccc(C(=O)N(Cc2nn(C)c3c2CN(S(=O)(=O)Cc2ccccc2F)CC3)c2ccccc2)cc1. The number of anilines is 1. The number of hydrogen-bond acceptors (Lipinski definition) is 4. The van der Waals surface area contributed by atoms with Gasteiger partial charge in [0.15, 0.2) is 0 Å². The summed E-state index contributed by atoms with van der Waals surface area (Å²) in [5.74, 6) is -1.12. The Balaban J connectivity index is 1.45. The Morgan fingerprint density at radius 1 is 1.00 bits per heavy atom. The van der Waals surface area contributed by atoms with Crippen LogP contribution in [0.3, 0.4) is 0 Å². The van der Waals surface area contributed by atoms with Gasteiger partial charge in [0.25, 0.3) is 5.91 Å². The Labute approximate surface area is 222 Å². The summed E-state index contributed by atoms with van der Waals surface area (Å²) in [6.07, 6.45) is 0.479. The number of para-hydroxylation sites is 1. The highest BCUT2D eigenvalue weighted by Crippen LogP contribution is 2.28. The van der Waals surface area contributed by atoms with E-state index in [1.807, 2.05) is 56.4 Å². The van der Waals surface area contributed by atoms with E-state index in [1.54, 1.807) is 27.8 Å². The molecule has 0 saturated heterocycles. The fraction of sp³-hybridized carbons (Fsp3) is 0.241. The van der Waals surface area contributed by atoms with E-state index >= 15 is 0 Å². The fourth-order valence-corrected chi connectivity index (χ4v) is 6.31. The molecule has 0 bridgehead atoms. The highest BCUT2D eigenvalue weighted by Gasteiger charge is 2.32. The molecule has 3 aromatic carbocycles. The van der Waals surface area contributed by atoms with Crippen molar-refractivity contribution in [3.05, 3.63) is 118 Å². The van der Waals surface area contributed by atoms with Crippen molar-refractivity contribution in [1.29, 1.82) is 0 Å². The van der Waals surface area contributed by atoms with Gasteiger partial charge in [0.2, 0.25) is 10.0 Å². The number of halogens is 1. The third kappa shape index (κ3) is 5.25. The number of nitrogens with zero attached hydrogens (tertiary/aromatic N) is 4. The van der Waals surface area contributed by atoms with Gasteiger partial charge in [0.1, 0.15) is 5.82 Å². The monoisotopic (exact) mass is 532 g/mol. The first-order valence-electron chi connectivity index (χ1n) is 12.4. The van der Waals surface area contributed by atoms with Crippen LogP contribution in [-0.2, 0) is 42.3 Å². The molecule has 196 valence electrons. The number of hydrogen-bond donors (Lipinski definition) is 0. The maximum absolute atomic E-state index is 14.2. The molecule has 4 aromatic rings. The quantitative estimate of drug-likeness (QED) is 0.349. The number of aryl methyl sites for hydroxylation is 2. The molecule has 9 heteroatoms. The summed E-state index contributed by atoms with van der Waals surface area (Å²) in [5.41, 5.74) is 4.84. The molecule has 1 aromatic heterocycles. The fourth-order valence-electron chi connectivity index (χ4n) is 4.80. The molecule has 7 nitrogen and oxygen atoms in total. The van der Waals surface area contributed by atoms with Gasteiger partial charge in [-0.15, -0.1) is 0 Å². The van der Waals surface area contributed by atoms with Gasteiger partial charge < -0.3 is 4.90 Å². The normalized spacial score (nSPS) is 13.8. The number of sulfonamides is 1. The Morgan fingerprint density at radius 2 is 1.68 bits per heavy atom. The molecule has 0 N–H and O–H groups in total. The van der Waals surface area contributed by atoms with E-state index in [0.717, 1.165) is 22.5 Å². The van der Waals surface area contributed by atoms with Crippen LogP contribution in [0.15, 0.2) is 78.9 Å². The highest BCUT2D eigenvalue weighted by atomic mass is 32.2. The molecule has 0 fully saturated rings. The molecule has 0 spiro atoms. The minimum atomic E-state index is -3.78. The standard InChI is InChI=1S/C29H29FN4O3S/c1-21-12-14-22(15-13-21)29(35)34(24-9-4-3-5-10-24)19-27-25-18-33(17-16-28(25)32(2)31-27)38(36,37)20-23-8-6-7-11-26(23)30/h3-15H,16-20H2,1-2H3. The van der Waals surface area contributed by atoms with Gasteiger partial charge in [-0.05, 0) is 37.3 Å². The van der Waals surface area contributed by atoms with Gasteiger partial charge >= 0.3 is 0 Å². The maximum Gasteiger partial charge on any atom is 0.258 e. The lowest BCUT2D eigenvalue weighted by molar-refractivity contribution is 0.0984. The Morgan fingerprint density at radius 3 is 2.39 bits per heavy atom. The molecule has 2 heterocycles. The van der Waals surface area contributed by atoms with Crippen LogP contribution in [-0.4, -0.2) is 35.0 Å². The number of fused-ring (bicyclic) bond motifs is 1. The number of rotatable bonds is 7. The predicted octanol–water partition coefficient (Wildman–Crippen LogP) is 4.60. The molecule has 0 atom stereocenters. The lowest BCUT2D eigenvalue weighted by atomic mass is 10.1. The van der Waals surface area contributed by atoms with Gasteiger partial charge in [-0.3, -0.25) is 9.48 Å². The molecule has 0 unspecified atom stereocenters. The maximum atomic E-state index is 14.2. The third-order valence-electron chi connectivity index (χ3n) is 6.90. The zero-order valence-corrected chi connectivity index (χ0v) is 22.2. The van der Waals surface area contributed by atoms with E-state index in [1.165, 1.54) is 22.5 Å². The minimum Gasteiger partial charge on any atom is -0.302 e. The van der Waals surface area contributed by atoms with Gasteiger partial charge in [-0.25, -0.2) is 12.8 Å².